The molecule has 20 heavy (non-hydrogen) atoms. The number of hydrogen-bond donors (Lipinski definition) is 1. The first-order chi connectivity index (χ1) is 9.72. The van der Waals surface area contributed by atoms with Crippen LogP contribution in [0.4, 0.5) is 0 Å². The summed E-state index contributed by atoms with van der Waals surface area (Å²) in [5, 5.41) is 2.90. The maximum Gasteiger partial charge on any atom is 0.227 e. The Kier molecular flexibility index (Phi) is 3.46. The van der Waals surface area contributed by atoms with E-state index in [1.54, 1.807) is 0 Å². The molecular formula is C16H17NO3. The molecule has 0 spiro atoms. The number of hydrogen-bond acceptors (Lipinski definition) is 3. The first kappa shape index (κ1) is 12.8. The average molecular weight is 271 g/mol. The minimum atomic E-state index is -0.138. The van der Waals surface area contributed by atoms with Crippen LogP contribution < -0.4 is 10.1 Å². The molecule has 1 aromatic carbocycles. The van der Waals surface area contributed by atoms with Crippen LogP contribution in [0.25, 0.3) is 0 Å². The van der Waals surface area contributed by atoms with Crippen molar-refractivity contribution in [3.63, 3.8) is 0 Å². The van der Waals surface area contributed by atoms with Crippen molar-refractivity contribution in [3.05, 3.63) is 53.5 Å². The molecule has 1 unspecified atom stereocenters. The molecule has 104 valence electrons. The Bertz CT molecular complexity index is 618. The first-order valence-corrected chi connectivity index (χ1v) is 6.76. The van der Waals surface area contributed by atoms with E-state index in [0.29, 0.717) is 13.2 Å². The third-order valence-corrected chi connectivity index (χ3v) is 3.48. The molecule has 1 aliphatic rings. The van der Waals surface area contributed by atoms with Gasteiger partial charge in [0.25, 0.3) is 0 Å². The molecule has 0 fully saturated rings. The molecule has 1 aliphatic heterocycles. The molecule has 1 amide bonds. The van der Waals surface area contributed by atoms with E-state index in [4.69, 9.17) is 9.15 Å². The monoisotopic (exact) mass is 271 g/mol. The van der Waals surface area contributed by atoms with E-state index in [9.17, 15) is 4.79 Å². The summed E-state index contributed by atoms with van der Waals surface area (Å²) in [6.07, 6.45) is 0.721. The number of benzene rings is 1. The lowest BCUT2D eigenvalue weighted by molar-refractivity contribution is -0.126. The van der Waals surface area contributed by atoms with Gasteiger partial charge in [-0.15, -0.1) is 0 Å². The Hall–Kier alpha value is -2.23. The third-order valence-electron chi connectivity index (χ3n) is 3.48. The lowest BCUT2D eigenvalue weighted by atomic mass is 9.96. The van der Waals surface area contributed by atoms with Gasteiger partial charge in [0.1, 0.15) is 23.9 Å². The Morgan fingerprint density at radius 2 is 2.15 bits per heavy atom. The second-order valence-corrected chi connectivity index (χ2v) is 5.05. The maximum atomic E-state index is 12.2. The molecule has 2 aromatic rings. The molecule has 1 atom stereocenters. The van der Waals surface area contributed by atoms with Gasteiger partial charge in [-0.2, -0.15) is 0 Å². The van der Waals surface area contributed by atoms with Gasteiger partial charge in [0, 0.05) is 0 Å². The van der Waals surface area contributed by atoms with E-state index in [1.165, 1.54) is 0 Å². The number of ether oxygens (including phenoxy) is 1. The van der Waals surface area contributed by atoms with Crippen LogP contribution >= 0.6 is 0 Å². The predicted octanol–water partition coefficient (Wildman–Crippen LogP) is 2.46. The highest BCUT2D eigenvalue weighted by molar-refractivity contribution is 5.79. The highest BCUT2D eigenvalue weighted by Crippen LogP contribution is 2.26. The second kappa shape index (κ2) is 5.41. The van der Waals surface area contributed by atoms with E-state index in [1.807, 2.05) is 43.3 Å². The number of nitrogens with one attached hydrogen (secondary N) is 1. The van der Waals surface area contributed by atoms with Crippen LogP contribution in [0.3, 0.4) is 0 Å². The summed E-state index contributed by atoms with van der Waals surface area (Å²) in [7, 11) is 0. The van der Waals surface area contributed by atoms with Gasteiger partial charge in [-0.3, -0.25) is 4.79 Å². The number of para-hydroxylation sites is 1. The van der Waals surface area contributed by atoms with Crippen LogP contribution in [0.15, 0.2) is 40.8 Å². The van der Waals surface area contributed by atoms with Crippen LogP contribution in [0.1, 0.15) is 17.1 Å². The van der Waals surface area contributed by atoms with Gasteiger partial charge < -0.3 is 14.5 Å². The number of carbonyl (C=O) groups excluding carboxylic acids is 1. The average Bonchev–Trinajstić information content (AvgIpc) is 2.90. The molecule has 4 nitrogen and oxygen atoms in total. The summed E-state index contributed by atoms with van der Waals surface area (Å²) < 4.78 is 11.1. The summed E-state index contributed by atoms with van der Waals surface area (Å²) in [5.41, 5.74) is 1.09. The zero-order valence-electron chi connectivity index (χ0n) is 11.4. The van der Waals surface area contributed by atoms with Crippen molar-refractivity contribution in [1.29, 1.82) is 0 Å². The molecule has 0 radical (unpaired) electrons. The highest BCUT2D eigenvalue weighted by atomic mass is 16.5. The van der Waals surface area contributed by atoms with Gasteiger partial charge in [0.15, 0.2) is 0 Å². The van der Waals surface area contributed by atoms with E-state index in [0.717, 1.165) is 29.3 Å². The molecule has 0 saturated heterocycles. The van der Waals surface area contributed by atoms with Crippen molar-refractivity contribution in [2.24, 2.45) is 5.92 Å². The summed E-state index contributed by atoms with van der Waals surface area (Å²) in [4.78, 5) is 12.2. The molecule has 0 bridgehead atoms. The zero-order valence-corrected chi connectivity index (χ0v) is 11.4. The number of aryl methyl sites for hydroxylation is 1. The number of carbonyl (C=O) groups is 1. The fourth-order valence-corrected chi connectivity index (χ4v) is 2.40. The van der Waals surface area contributed by atoms with Crippen LogP contribution in [-0.4, -0.2) is 12.5 Å². The van der Waals surface area contributed by atoms with Crippen molar-refractivity contribution in [2.75, 3.05) is 6.61 Å². The van der Waals surface area contributed by atoms with Gasteiger partial charge in [-0.1, -0.05) is 18.2 Å². The number of furan rings is 1. The van der Waals surface area contributed by atoms with Gasteiger partial charge in [-0.25, -0.2) is 0 Å². The van der Waals surface area contributed by atoms with Gasteiger partial charge in [0.05, 0.1) is 12.5 Å². The summed E-state index contributed by atoms with van der Waals surface area (Å²) in [6.45, 7) is 2.74. The predicted molar refractivity (Wildman–Crippen MR) is 74.4 cm³/mol. The maximum absolute atomic E-state index is 12.2. The fraction of sp³-hybridized carbons (Fsp3) is 0.312. The lowest BCUT2D eigenvalue weighted by Crippen LogP contribution is -2.36. The summed E-state index contributed by atoms with van der Waals surface area (Å²) in [5.74, 6) is 2.38. The quantitative estimate of drug-likeness (QED) is 0.933. The second-order valence-electron chi connectivity index (χ2n) is 5.05. The van der Waals surface area contributed by atoms with Gasteiger partial charge in [0.2, 0.25) is 5.91 Å². The molecule has 0 saturated carbocycles. The zero-order chi connectivity index (χ0) is 13.9. The Balaban J connectivity index is 1.59. The third kappa shape index (κ3) is 2.69. The molecule has 0 aliphatic carbocycles. The molecule has 4 heteroatoms. The highest BCUT2D eigenvalue weighted by Gasteiger charge is 2.25. The number of rotatable bonds is 3. The first-order valence-electron chi connectivity index (χ1n) is 6.76. The standard InChI is InChI=1S/C16H17NO3/c1-11-6-7-14(20-11)9-17-16(18)13-8-12-4-2-3-5-15(12)19-10-13/h2-7,13H,8-10H2,1H3,(H,17,18). The van der Waals surface area contributed by atoms with E-state index in [2.05, 4.69) is 5.32 Å². The Morgan fingerprint density at radius 1 is 1.30 bits per heavy atom. The summed E-state index contributed by atoms with van der Waals surface area (Å²) in [6, 6.07) is 11.6. The lowest BCUT2D eigenvalue weighted by Gasteiger charge is -2.24. The van der Waals surface area contributed by atoms with Crippen LogP contribution in [0.5, 0.6) is 5.75 Å². The molecule has 1 aromatic heterocycles. The van der Waals surface area contributed by atoms with Crippen LogP contribution in [0.2, 0.25) is 0 Å². The Morgan fingerprint density at radius 3 is 2.95 bits per heavy atom. The van der Waals surface area contributed by atoms with Gasteiger partial charge in [-0.05, 0) is 37.1 Å². The van der Waals surface area contributed by atoms with Crippen LogP contribution in [0, 0.1) is 12.8 Å². The van der Waals surface area contributed by atoms with Crippen LogP contribution in [-0.2, 0) is 17.8 Å². The fourth-order valence-electron chi connectivity index (χ4n) is 2.40. The number of fused-ring (bicyclic) bond motifs is 1. The normalized spacial score (nSPS) is 17.1. The van der Waals surface area contributed by atoms with E-state index >= 15 is 0 Å². The minimum Gasteiger partial charge on any atom is -0.492 e. The molecule has 1 N–H and O–H groups in total. The molecule has 3 rings (SSSR count). The Labute approximate surface area is 117 Å². The van der Waals surface area contributed by atoms with E-state index in [-0.39, 0.29) is 11.8 Å². The van der Waals surface area contributed by atoms with Gasteiger partial charge >= 0.3 is 0 Å². The van der Waals surface area contributed by atoms with E-state index < -0.39 is 0 Å². The van der Waals surface area contributed by atoms with Crippen molar-refractivity contribution in [1.82, 2.24) is 5.32 Å². The topological polar surface area (TPSA) is 51.5 Å². The van der Waals surface area contributed by atoms with Crippen molar-refractivity contribution < 1.29 is 13.9 Å². The van der Waals surface area contributed by atoms with Crippen molar-refractivity contribution in [2.45, 2.75) is 19.9 Å². The molecular weight excluding hydrogens is 254 g/mol. The SMILES string of the molecule is Cc1ccc(CNC(=O)C2COc3ccccc3C2)o1. The van der Waals surface area contributed by atoms with Crippen molar-refractivity contribution in [3.8, 4) is 5.75 Å². The smallest absolute Gasteiger partial charge is 0.227 e. The number of amides is 1. The largest absolute Gasteiger partial charge is 0.492 e. The van der Waals surface area contributed by atoms with Crippen molar-refractivity contribution >= 4 is 5.91 Å². The minimum absolute atomic E-state index is 0.00792. The molecule has 2 heterocycles. The summed E-state index contributed by atoms with van der Waals surface area (Å²) >= 11 is 0.